The molecule has 60 heavy (non-hydrogen) atoms. The summed E-state index contributed by atoms with van der Waals surface area (Å²) in [6, 6.07) is 8.89. The fourth-order valence-corrected chi connectivity index (χ4v) is 8.20. The van der Waals surface area contributed by atoms with Gasteiger partial charge in [0.1, 0.15) is 18.1 Å². The number of anilines is 3. The van der Waals surface area contributed by atoms with Crippen LogP contribution in [0.15, 0.2) is 54.6 Å². The number of esters is 3. The number of carbonyl (C=O) groups excluding carboxylic acids is 9. The van der Waals surface area contributed by atoms with Crippen molar-refractivity contribution in [2.45, 2.75) is 56.7 Å². The Morgan fingerprint density at radius 2 is 0.733 bits per heavy atom. The van der Waals surface area contributed by atoms with E-state index in [1.807, 2.05) is 0 Å². The molecule has 4 aliphatic rings. The molecule has 3 atom stereocenters. The van der Waals surface area contributed by atoms with Gasteiger partial charge in [0.05, 0.1) is 55.1 Å². The van der Waals surface area contributed by atoms with Crippen LogP contribution in [0.1, 0.15) is 101 Å². The monoisotopic (exact) mass is 822 g/mol. The Hall–Kier alpha value is -7.11. The average molecular weight is 823 g/mol. The van der Waals surface area contributed by atoms with E-state index in [4.69, 9.17) is 14.2 Å². The predicted molar refractivity (Wildman–Crippen MR) is 211 cm³/mol. The van der Waals surface area contributed by atoms with Gasteiger partial charge in [-0.15, -0.1) is 0 Å². The van der Waals surface area contributed by atoms with Crippen LogP contribution < -0.4 is 16.0 Å². The summed E-state index contributed by atoms with van der Waals surface area (Å²) in [7, 11) is 3.47. The van der Waals surface area contributed by atoms with Gasteiger partial charge in [-0.25, -0.2) is 14.4 Å². The first-order chi connectivity index (χ1) is 28.8. The van der Waals surface area contributed by atoms with Gasteiger partial charge >= 0.3 is 17.9 Å². The third kappa shape index (κ3) is 7.74. The van der Waals surface area contributed by atoms with Gasteiger partial charge in [0.25, 0.3) is 17.7 Å². The van der Waals surface area contributed by atoms with E-state index in [0.717, 1.165) is 21.3 Å². The van der Waals surface area contributed by atoms with Gasteiger partial charge in [-0.1, -0.05) is 0 Å². The van der Waals surface area contributed by atoms with E-state index in [0.29, 0.717) is 19.3 Å². The molecule has 6 bridgehead atoms. The zero-order chi connectivity index (χ0) is 42.8. The number of methoxy groups -OCH3 is 3. The van der Waals surface area contributed by atoms with E-state index in [1.54, 1.807) is 0 Å². The van der Waals surface area contributed by atoms with Gasteiger partial charge in [-0.05, 0) is 93.1 Å². The second-order valence-electron chi connectivity index (χ2n) is 14.7. The van der Waals surface area contributed by atoms with Crippen LogP contribution in [0.25, 0.3) is 0 Å². The molecule has 3 saturated heterocycles. The van der Waals surface area contributed by atoms with Crippen LogP contribution >= 0.6 is 0 Å². The van der Waals surface area contributed by atoms with Gasteiger partial charge in [0.2, 0.25) is 17.7 Å². The lowest BCUT2D eigenvalue weighted by molar-refractivity contribution is -0.120. The topological polar surface area (TPSA) is 227 Å². The Morgan fingerprint density at radius 1 is 0.467 bits per heavy atom. The molecule has 0 aliphatic carbocycles. The normalized spacial score (nSPS) is 20.9. The van der Waals surface area contributed by atoms with Gasteiger partial charge in [0, 0.05) is 36.3 Å². The highest BCUT2D eigenvalue weighted by Crippen LogP contribution is 2.31. The minimum absolute atomic E-state index is 0.0368. The summed E-state index contributed by atoms with van der Waals surface area (Å²) in [5.41, 5.74) is -0.295. The molecule has 3 fully saturated rings. The van der Waals surface area contributed by atoms with Crippen LogP contribution in [0.2, 0.25) is 0 Å². The third-order valence-electron chi connectivity index (χ3n) is 11.2. The molecule has 0 saturated carbocycles. The second kappa shape index (κ2) is 17.0. The van der Waals surface area contributed by atoms with Crippen LogP contribution in [-0.2, 0) is 28.6 Å². The number of ether oxygens (including phenoxy) is 3. The number of benzene rings is 3. The first kappa shape index (κ1) is 41.1. The fourth-order valence-electron chi connectivity index (χ4n) is 8.20. The van der Waals surface area contributed by atoms with Gasteiger partial charge < -0.3 is 44.9 Å². The highest BCUT2D eigenvalue weighted by atomic mass is 16.5. The van der Waals surface area contributed by atoms with Crippen LogP contribution in [0, 0.1) is 0 Å². The maximum Gasteiger partial charge on any atom is 0.339 e. The highest BCUT2D eigenvalue weighted by molar-refractivity contribution is 6.11. The highest BCUT2D eigenvalue weighted by Gasteiger charge is 2.39. The van der Waals surface area contributed by atoms with E-state index in [9.17, 15) is 43.2 Å². The Balaban J connectivity index is 1.33. The van der Waals surface area contributed by atoms with E-state index >= 15 is 0 Å². The molecule has 3 aromatic carbocycles. The first-order valence-electron chi connectivity index (χ1n) is 19.4. The molecule has 0 aromatic heterocycles. The summed E-state index contributed by atoms with van der Waals surface area (Å²) in [5, 5.41) is 8.14. The Morgan fingerprint density at radius 3 is 0.983 bits per heavy atom. The van der Waals surface area contributed by atoms with E-state index in [2.05, 4.69) is 16.0 Å². The summed E-state index contributed by atoms with van der Waals surface area (Å²) >= 11 is 0. The molecule has 6 amide bonds. The van der Waals surface area contributed by atoms with Crippen molar-refractivity contribution in [1.29, 1.82) is 0 Å². The number of hydrogen-bond donors (Lipinski definition) is 3. The van der Waals surface area contributed by atoms with Gasteiger partial charge in [-0.3, -0.25) is 28.8 Å². The maximum absolute atomic E-state index is 14.1. The number of amides is 6. The molecule has 3 N–H and O–H groups in total. The first-order valence-corrected chi connectivity index (χ1v) is 19.4. The zero-order valence-corrected chi connectivity index (χ0v) is 33.0. The minimum Gasteiger partial charge on any atom is -0.465 e. The van der Waals surface area contributed by atoms with Crippen molar-refractivity contribution in [2.75, 3.05) is 56.9 Å². The Labute approximate surface area is 343 Å². The van der Waals surface area contributed by atoms with Gasteiger partial charge in [0.15, 0.2) is 0 Å². The van der Waals surface area contributed by atoms with Crippen LogP contribution in [0.4, 0.5) is 17.1 Å². The molecule has 0 unspecified atom stereocenters. The van der Waals surface area contributed by atoms with E-state index in [-0.39, 0.29) is 89.3 Å². The SMILES string of the molecule is COC(=O)c1ccc2cc1NC(=O)[C@@H]1CCCN1C(=O)c1ccc(C(=O)OC)c(c1)NC(=O)[C@@H]1CCCN1C(=O)c1ccc(C(=O)OC)c(c1)NC(=O)[C@@H]1CCCN1C2=O. The lowest BCUT2D eigenvalue weighted by Crippen LogP contribution is -2.44. The number of carbonyl (C=O) groups is 9. The molecular formula is C42H42N6O12. The fraction of sp³-hybridized carbons (Fsp3) is 0.357. The number of fused-ring (bicyclic) bond motifs is 9. The van der Waals surface area contributed by atoms with Crippen molar-refractivity contribution in [3.63, 3.8) is 0 Å². The van der Waals surface area contributed by atoms with E-state index < -0.39 is 71.5 Å². The standard InChI is InChI=1S/C42H42N6O12/c1-58-40(55)25-13-10-22-19-28(25)43-34(49)31-7-4-16-46(31)38(53)23-11-14-26(41(56)59-2)29(20-23)45-36(51)33-9-6-18-48(33)39(54)24-12-15-27(42(57)60-3)30(21-24)44-35(50)32-8-5-17-47(32)37(22)52/h10-15,19-21,31-33H,4-9,16-18H2,1-3H3,(H,43,49)(H,44,50)(H,45,51)/t31-,32-,33-/m0/s1. The average Bonchev–Trinajstić information content (AvgIpc) is 4.07. The summed E-state index contributed by atoms with van der Waals surface area (Å²) in [6.07, 6.45) is 2.10. The predicted octanol–water partition coefficient (Wildman–Crippen LogP) is 3.09. The quantitative estimate of drug-likeness (QED) is 0.256. The lowest BCUT2D eigenvalue weighted by atomic mass is 10.0. The lowest BCUT2D eigenvalue weighted by Gasteiger charge is -2.27. The summed E-state index contributed by atoms with van der Waals surface area (Å²) in [5.74, 6) is -6.15. The summed E-state index contributed by atoms with van der Waals surface area (Å²) in [6.45, 7) is 0.541. The molecule has 3 aromatic rings. The largest absolute Gasteiger partial charge is 0.465 e. The molecule has 0 radical (unpaired) electrons. The molecule has 0 spiro atoms. The van der Waals surface area contributed by atoms with Crippen molar-refractivity contribution >= 4 is 70.4 Å². The smallest absolute Gasteiger partial charge is 0.339 e. The van der Waals surface area contributed by atoms with Gasteiger partial charge in [-0.2, -0.15) is 0 Å². The van der Waals surface area contributed by atoms with Crippen LogP contribution in [-0.4, -0.2) is 127 Å². The molecule has 312 valence electrons. The second-order valence-corrected chi connectivity index (χ2v) is 14.7. The van der Waals surface area contributed by atoms with Crippen molar-refractivity contribution in [1.82, 2.24) is 14.7 Å². The summed E-state index contributed by atoms with van der Waals surface area (Å²) in [4.78, 5) is 127. The molecule has 7 rings (SSSR count). The molecule has 18 nitrogen and oxygen atoms in total. The number of nitrogens with zero attached hydrogens (tertiary/aromatic N) is 3. The van der Waals surface area contributed by atoms with Crippen molar-refractivity contribution in [3.05, 3.63) is 88.0 Å². The molecular weight excluding hydrogens is 780 g/mol. The molecule has 18 heteroatoms. The number of hydrogen-bond acceptors (Lipinski definition) is 12. The number of rotatable bonds is 3. The molecule has 4 heterocycles. The Bertz CT molecular complexity index is 2090. The van der Waals surface area contributed by atoms with Crippen molar-refractivity contribution in [2.24, 2.45) is 0 Å². The molecule has 4 aliphatic heterocycles. The van der Waals surface area contributed by atoms with Crippen molar-refractivity contribution in [3.8, 4) is 0 Å². The zero-order valence-electron chi connectivity index (χ0n) is 33.0. The van der Waals surface area contributed by atoms with Crippen molar-refractivity contribution < 1.29 is 57.4 Å². The summed E-state index contributed by atoms with van der Waals surface area (Å²) < 4.78 is 14.8. The Kier molecular flexibility index (Phi) is 11.6. The number of nitrogens with one attached hydrogen (secondary N) is 3. The minimum atomic E-state index is -1.03. The van der Waals surface area contributed by atoms with E-state index in [1.165, 1.54) is 69.3 Å². The van der Waals surface area contributed by atoms with Crippen LogP contribution in [0.3, 0.4) is 0 Å². The van der Waals surface area contributed by atoms with Crippen LogP contribution in [0.5, 0.6) is 0 Å². The third-order valence-corrected chi connectivity index (χ3v) is 11.2. The maximum atomic E-state index is 14.1.